The highest BCUT2D eigenvalue weighted by atomic mass is 79.9. The molecule has 0 saturated heterocycles. The number of nitrogens with zero attached hydrogens (tertiary/aromatic N) is 3. The lowest BCUT2D eigenvalue weighted by molar-refractivity contribution is 0.0529. The lowest BCUT2D eigenvalue weighted by Crippen LogP contribution is -2.10. The number of benzene rings is 1. The standard InChI is InChI=1S/C19H21BrN4O3/c1-6-27-19(25)13-14-18(23-16(20)11(4)22-14)24(17(13)21)15-9(2)7-8-12(26-5)10(15)3/h7-8H,6,21H2,1-5H3. The molecule has 0 atom stereocenters. The molecule has 0 aliphatic carbocycles. The van der Waals surface area contributed by atoms with Crippen LogP contribution in [0.1, 0.15) is 34.1 Å². The molecule has 1 aromatic carbocycles. The molecule has 0 bridgehead atoms. The minimum absolute atomic E-state index is 0.219. The summed E-state index contributed by atoms with van der Waals surface area (Å²) in [6, 6.07) is 3.83. The van der Waals surface area contributed by atoms with Gasteiger partial charge in [0.25, 0.3) is 0 Å². The first-order valence-corrected chi connectivity index (χ1v) is 9.26. The number of halogens is 1. The molecule has 0 aliphatic heterocycles. The molecule has 2 heterocycles. The zero-order valence-corrected chi connectivity index (χ0v) is 17.5. The van der Waals surface area contributed by atoms with Crippen molar-refractivity contribution in [3.05, 3.63) is 39.1 Å². The first kappa shape index (κ1) is 19.2. The largest absolute Gasteiger partial charge is 0.496 e. The third-order valence-electron chi connectivity index (χ3n) is 4.45. The van der Waals surface area contributed by atoms with E-state index >= 15 is 0 Å². The van der Waals surface area contributed by atoms with E-state index in [1.54, 1.807) is 25.5 Å². The Morgan fingerprint density at radius 2 is 1.96 bits per heavy atom. The number of carbonyl (C=O) groups is 1. The third-order valence-corrected chi connectivity index (χ3v) is 5.20. The molecule has 2 aromatic heterocycles. The molecule has 142 valence electrons. The average molecular weight is 433 g/mol. The Kier molecular flexibility index (Phi) is 5.10. The predicted octanol–water partition coefficient (Wildman–Crippen LogP) is 3.88. The Labute approximate surface area is 165 Å². The normalized spacial score (nSPS) is 11.0. The number of methoxy groups -OCH3 is 1. The maximum absolute atomic E-state index is 12.6. The van der Waals surface area contributed by atoms with Gasteiger partial charge in [-0.1, -0.05) is 6.07 Å². The minimum atomic E-state index is -0.520. The molecule has 0 aliphatic rings. The first-order valence-electron chi connectivity index (χ1n) is 8.47. The molecule has 0 saturated carbocycles. The van der Waals surface area contributed by atoms with Crippen LogP contribution in [0.2, 0.25) is 0 Å². The van der Waals surface area contributed by atoms with Crippen LogP contribution < -0.4 is 10.5 Å². The molecule has 27 heavy (non-hydrogen) atoms. The molecule has 0 amide bonds. The zero-order chi connectivity index (χ0) is 19.9. The van der Waals surface area contributed by atoms with E-state index in [0.29, 0.717) is 27.2 Å². The van der Waals surface area contributed by atoms with Crippen LogP contribution in [0.15, 0.2) is 16.7 Å². The van der Waals surface area contributed by atoms with Gasteiger partial charge in [0.05, 0.1) is 25.1 Å². The number of ether oxygens (including phenoxy) is 2. The molecular formula is C19H21BrN4O3. The van der Waals surface area contributed by atoms with Crippen LogP contribution >= 0.6 is 15.9 Å². The van der Waals surface area contributed by atoms with Gasteiger partial charge in [0.1, 0.15) is 27.3 Å². The van der Waals surface area contributed by atoms with E-state index in [1.165, 1.54) is 0 Å². The van der Waals surface area contributed by atoms with Crippen molar-refractivity contribution < 1.29 is 14.3 Å². The minimum Gasteiger partial charge on any atom is -0.496 e. The van der Waals surface area contributed by atoms with E-state index in [-0.39, 0.29) is 18.0 Å². The molecule has 8 heteroatoms. The van der Waals surface area contributed by atoms with E-state index in [1.807, 2.05) is 26.0 Å². The summed E-state index contributed by atoms with van der Waals surface area (Å²) in [4.78, 5) is 21.7. The molecule has 3 aromatic rings. The van der Waals surface area contributed by atoms with E-state index < -0.39 is 5.97 Å². The Morgan fingerprint density at radius 1 is 1.26 bits per heavy atom. The van der Waals surface area contributed by atoms with Crippen molar-refractivity contribution in [1.82, 2.24) is 14.5 Å². The maximum Gasteiger partial charge on any atom is 0.344 e. The summed E-state index contributed by atoms with van der Waals surface area (Å²) >= 11 is 3.42. The number of aromatic nitrogens is 3. The quantitative estimate of drug-likeness (QED) is 0.628. The van der Waals surface area contributed by atoms with Gasteiger partial charge < -0.3 is 15.2 Å². The van der Waals surface area contributed by atoms with Gasteiger partial charge in [0, 0.05) is 5.56 Å². The van der Waals surface area contributed by atoms with Crippen LogP contribution in [0.4, 0.5) is 5.82 Å². The number of aryl methyl sites for hydroxylation is 2. The molecule has 0 spiro atoms. The Hall–Kier alpha value is -2.61. The fraction of sp³-hybridized carbons (Fsp3) is 0.316. The fourth-order valence-electron chi connectivity index (χ4n) is 3.17. The second-order valence-electron chi connectivity index (χ2n) is 6.15. The van der Waals surface area contributed by atoms with Crippen LogP contribution in [-0.4, -0.2) is 34.2 Å². The van der Waals surface area contributed by atoms with Crippen molar-refractivity contribution in [2.45, 2.75) is 27.7 Å². The summed E-state index contributed by atoms with van der Waals surface area (Å²) < 4.78 is 13.0. The average Bonchev–Trinajstić information content (AvgIpc) is 2.88. The second kappa shape index (κ2) is 7.19. The van der Waals surface area contributed by atoms with E-state index in [2.05, 4.69) is 25.9 Å². The van der Waals surface area contributed by atoms with Gasteiger partial charge in [-0.3, -0.25) is 4.57 Å². The lowest BCUT2D eigenvalue weighted by atomic mass is 10.1. The van der Waals surface area contributed by atoms with E-state index in [4.69, 9.17) is 15.2 Å². The zero-order valence-electron chi connectivity index (χ0n) is 15.9. The van der Waals surface area contributed by atoms with Gasteiger partial charge in [-0.05, 0) is 55.3 Å². The van der Waals surface area contributed by atoms with Crippen molar-refractivity contribution in [2.24, 2.45) is 0 Å². The number of hydrogen-bond donors (Lipinski definition) is 1. The summed E-state index contributed by atoms with van der Waals surface area (Å²) in [6.45, 7) is 7.70. The highest BCUT2D eigenvalue weighted by Gasteiger charge is 2.27. The van der Waals surface area contributed by atoms with Crippen LogP contribution in [-0.2, 0) is 4.74 Å². The number of hydrogen-bond acceptors (Lipinski definition) is 6. The molecule has 2 N–H and O–H groups in total. The van der Waals surface area contributed by atoms with Crippen LogP contribution in [0.25, 0.3) is 16.9 Å². The van der Waals surface area contributed by atoms with Crippen molar-refractivity contribution in [2.75, 3.05) is 19.5 Å². The summed E-state index contributed by atoms with van der Waals surface area (Å²) in [5, 5.41) is 0. The highest BCUT2D eigenvalue weighted by molar-refractivity contribution is 9.10. The van der Waals surface area contributed by atoms with Gasteiger partial charge in [-0.25, -0.2) is 14.8 Å². The monoisotopic (exact) mass is 432 g/mol. The fourth-order valence-corrected chi connectivity index (χ4v) is 3.43. The van der Waals surface area contributed by atoms with Crippen molar-refractivity contribution in [3.63, 3.8) is 0 Å². The number of carbonyl (C=O) groups excluding carboxylic acids is 1. The number of anilines is 1. The van der Waals surface area contributed by atoms with Gasteiger partial charge in [0.15, 0.2) is 5.65 Å². The summed E-state index contributed by atoms with van der Waals surface area (Å²) in [5.74, 6) is 0.432. The SMILES string of the molecule is CCOC(=O)c1c(N)n(-c2c(C)ccc(OC)c2C)c2nc(Br)c(C)nc12. The van der Waals surface area contributed by atoms with E-state index in [0.717, 1.165) is 16.8 Å². The van der Waals surface area contributed by atoms with Crippen molar-refractivity contribution in [3.8, 4) is 11.4 Å². The number of nitrogens with two attached hydrogens (primary N) is 1. The number of fused-ring (bicyclic) bond motifs is 1. The van der Waals surface area contributed by atoms with Crippen LogP contribution in [0, 0.1) is 20.8 Å². The first-order chi connectivity index (χ1) is 12.8. The Balaban J connectivity index is 2.47. The van der Waals surface area contributed by atoms with Crippen LogP contribution in [0.3, 0.4) is 0 Å². The van der Waals surface area contributed by atoms with Crippen LogP contribution in [0.5, 0.6) is 5.75 Å². The Morgan fingerprint density at radius 3 is 2.59 bits per heavy atom. The van der Waals surface area contributed by atoms with Gasteiger partial charge in [-0.2, -0.15) is 0 Å². The lowest BCUT2D eigenvalue weighted by Gasteiger charge is -2.16. The van der Waals surface area contributed by atoms with E-state index in [9.17, 15) is 4.79 Å². The molecular weight excluding hydrogens is 412 g/mol. The summed E-state index contributed by atoms with van der Waals surface area (Å²) in [5.41, 5.74) is 10.9. The molecule has 0 unspecified atom stereocenters. The maximum atomic E-state index is 12.6. The summed E-state index contributed by atoms with van der Waals surface area (Å²) in [7, 11) is 1.61. The molecule has 3 rings (SSSR count). The smallest absolute Gasteiger partial charge is 0.344 e. The Bertz CT molecular complexity index is 1060. The molecule has 0 radical (unpaired) electrons. The third kappa shape index (κ3) is 3.03. The second-order valence-corrected chi connectivity index (χ2v) is 6.90. The molecule has 7 nitrogen and oxygen atoms in total. The van der Waals surface area contributed by atoms with Crippen molar-refractivity contribution >= 4 is 38.9 Å². The topological polar surface area (TPSA) is 92.3 Å². The predicted molar refractivity (Wildman–Crippen MR) is 108 cm³/mol. The van der Waals surface area contributed by atoms with Gasteiger partial charge in [-0.15, -0.1) is 0 Å². The number of nitrogen functional groups attached to an aromatic ring is 1. The van der Waals surface area contributed by atoms with Crippen molar-refractivity contribution in [1.29, 1.82) is 0 Å². The molecule has 0 fully saturated rings. The number of esters is 1. The van der Waals surface area contributed by atoms with Gasteiger partial charge >= 0.3 is 5.97 Å². The summed E-state index contributed by atoms with van der Waals surface area (Å²) in [6.07, 6.45) is 0. The van der Waals surface area contributed by atoms with Gasteiger partial charge in [0.2, 0.25) is 0 Å². The number of rotatable bonds is 4. The highest BCUT2D eigenvalue weighted by Crippen LogP contribution is 2.36.